The van der Waals surface area contributed by atoms with Gasteiger partial charge in [-0.15, -0.1) is 0 Å². The summed E-state index contributed by atoms with van der Waals surface area (Å²) in [6, 6.07) is 16.6. The van der Waals surface area contributed by atoms with Gasteiger partial charge >= 0.3 is 5.97 Å². The Bertz CT molecular complexity index is 1270. The predicted molar refractivity (Wildman–Crippen MR) is 118 cm³/mol. The van der Waals surface area contributed by atoms with Crippen LogP contribution in [0.5, 0.6) is 11.5 Å². The number of nitrogens with one attached hydrogen (secondary N) is 1. The molecule has 0 aliphatic carbocycles. The molecule has 2 aromatic carbocycles. The van der Waals surface area contributed by atoms with Crippen molar-refractivity contribution in [3.8, 4) is 11.5 Å². The number of nitrogens with zero attached hydrogens (tertiary/aromatic N) is 3. The second-order valence-electron chi connectivity index (χ2n) is 7.17. The topological polar surface area (TPSA) is 110 Å². The molecule has 0 amide bonds. The first-order valence-corrected chi connectivity index (χ1v) is 10.1. The Morgan fingerprint density at radius 3 is 2.72 bits per heavy atom. The number of para-hydroxylation sites is 2. The van der Waals surface area contributed by atoms with E-state index in [1.165, 1.54) is 12.3 Å². The zero-order chi connectivity index (χ0) is 21.9. The Kier molecular flexibility index (Phi) is 5.30. The van der Waals surface area contributed by atoms with Crippen LogP contribution in [0.4, 0.5) is 17.4 Å². The number of fused-ring (bicyclic) bond motifs is 1. The van der Waals surface area contributed by atoms with E-state index in [1.54, 1.807) is 24.3 Å². The highest BCUT2D eigenvalue weighted by molar-refractivity contribution is 5.85. The van der Waals surface area contributed by atoms with Crippen molar-refractivity contribution in [1.29, 1.82) is 0 Å². The van der Waals surface area contributed by atoms with E-state index in [2.05, 4.69) is 26.3 Å². The number of rotatable bonds is 6. The van der Waals surface area contributed by atoms with Crippen LogP contribution in [0.2, 0.25) is 0 Å². The van der Waals surface area contributed by atoms with Gasteiger partial charge in [0.2, 0.25) is 0 Å². The zero-order valence-electron chi connectivity index (χ0n) is 17.0. The molecule has 1 aliphatic heterocycles. The maximum Gasteiger partial charge on any atom is 0.354 e. The molecule has 1 saturated heterocycles. The molecule has 0 saturated carbocycles. The summed E-state index contributed by atoms with van der Waals surface area (Å²) in [5.74, 6) is -0.250. The average molecular weight is 432 g/mol. The molecule has 0 unspecified atom stereocenters. The van der Waals surface area contributed by atoms with Gasteiger partial charge < -0.3 is 29.2 Å². The molecule has 0 atom stereocenters. The second-order valence-corrected chi connectivity index (χ2v) is 7.17. The molecule has 9 heteroatoms. The van der Waals surface area contributed by atoms with Crippen LogP contribution >= 0.6 is 0 Å². The van der Waals surface area contributed by atoms with Crippen molar-refractivity contribution in [3.63, 3.8) is 0 Å². The first-order valence-electron chi connectivity index (χ1n) is 10.1. The number of morpholine rings is 1. The third-order valence-electron chi connectivity index (χ3n) is 5.04. The summed E-state index contributed by atoms with van der Waals surface area (Å²) < 4.78 is 17.1. The van der Waals surface area contributed by atoms with E-state index in [9.17, 15) is 4.79 Å². The van der Waals surface area contributed by atoms with Crippen LogP contribution in [0.15, 0.2) is 65.2 Å². The molecule has 162 valence electrons. The van der Waals surface area contributed by atoms with Gasteiger partial charge in [0.05, 0.1) is 24.6 Å². The molecule has 0 bridgehead atoms. The van der Waals surface area contributed by atoms with Gasteiger partial charge in [-0.05, 0) is 30.3 Å². The monoisotopic (exact) mass is 432 g/mol. The third kappa shape index (κ3) is 4.19. The largest absolute Gasteiger partial charge is 0.477 e. The van der Waals surface area contributed by atoms with Gasteiger partial charge in [-0.2, -0.15) is 4.98 Å². The Labute approximate surface area is 183 Å². The number of oxazole rings is 1. The van der Waals surface area contributed by atoms with E-state index in [-0.39, 0.29) is 5.69 Å². The minimum Gasteiger partial charge on any atom is -0.477 e. The second kappa shape index (κ2) is 8.56. The summed E-state index contributed by atoms with van der Waals surface area (Å²) in [5.41, 5.74) is 3.09. The molecule has 4 aromatic rings. The van der Waals surface area contributed by atoms with Crippen molar-refractivity contribution in [3.05, 3.63) is 66.5 Å². The number of carbonyl (C=O) groups is 1. The SMILES string of the molecule is O=C(O)c1cc(Oc2ccc3nc(Nc4ccccc4N4CCOCC4)oc3c2)ccn1. The smallest absolute Gasteiger partial charge is 0.354 e. The van der Waals surface area contributed by atoms with Crippen LogP contribution in [0.1, 0.15) is 10.5 Å². The molecule has 3 heterocycles. The number of hydrogen-bond acceptors (Lipinski definition) is 8. The van der Waals surface area contributed by atoms with Gasteiger partial charge in [0.1, 0.15) is 17.0 Å². The van der Waals surface area contributed by atoms with E-state index < -0.39 is 5.97 Å². The van der Waals surface area contributed by atoms with Crippen molar-refractivity contribution in [2.75, 3.05) is 36.5 Å². The number of ether oxygens (including phenoxy) is 2. The van der Waals surface area contributed by atoms with Crippen molar-refractivity contribution < 1.29 is 23.8 Å². The highest BCUT2D eigenvalue weighted by Crippen LogP contribution is 2.32. The fourth-order valence-corrected chi connectivity index (χ4v) is 3.52. The summed E-state index contributed by atoms with van der Waals surface area (Å²) in [7, 11) is 0. The zero-order valence-corrected chi connectivity index (χ0v) is 17.0. The number of anilines is 3. The quantitative estimate of drug-likeness (QED) is 0.461. The molecule has 5 rings (SSSR count). The summed E-state index contributed by atoms with van der Waals surface area (Å²) in [6.45, 7) is 3.05. The first kappa shape index (κ1) is 19.8. The molecule has 1 aliphatic rings. The highest BCUT2D eigenvalue weighted by Gasteiger charge is 2.16. The van der Waals surface area contributed by atoms with Gasteiger partial charge in [0, 0.05) is 31.4 Å². The molecule has 0 spiro atoms. The van der Waals surface area contributed by atoms with Crippen molar-refractivity contribution in [2.24, 2.45) is 0 Å². The molecule has 32 heavy (non-hydrogen) atoms. The number of carboxylic acids is 1. The fourth-order valence-electron chi connectivity index (χ4n) is 3.52. The average Bonchev–Trinajstić information content (AvgIpc) is 3.22. The highest BCUT2D eigenvalue weighted by atomic mass is 16.5. The number of aromatic carboxylic acids is 1. The number of benzene rings is 2. The van der Waals surface area contributed by atoms with Gasteiger partial charge in [0.25, 0.3) is 6.01 Å². The Hall–Kier alpha value is -4.11. The van der Waals surface area contributed by atoms with Crippen LogP contribution < -0.4 is 15.0 Å². The lowest BCUT2D eigenvalue weighted by atomic mass is 10.2. The van der Waals surface area contributed by atoms with E-state index in [4.69, 9.17) is 19.0 Å². The first-order chi connectivity index (χ1) is 15.7. The Balaban J connectivity index is 1.37. The summed E-state index contributed by atoms with van der Waals surface area (Å²) in [6.07, 6.45) is 1.39. The molecule has 9 nitrogen and oxygen atoms in total. The van der Waals surface area contributed by atoms with Crippen molar-refractivity contribution in [1.82, 2.24) is 9.97 Å². The normalized spacial score (nSPS) is 13.8. The standard InChI is InChI=1S/C23H20N4O5/c28-22(29)19-13-16(7-8-24-19)31-15-5-6-18-21(14-15)32-23(26-18)25-17-3-1-2-4-20(17)27-9-11-30-12-10-27/h1-8,13-14H,9-12H2,(H,25,26)(H,28,29). The van der Waals surface area contributed by atoms with Crippen LogP contribution in [-0.4, -0.2) is 47.3 Å². The number of hydrogen-bond donors (Lipinski definition) is 2. The van der Waals surface area contributed by atoms with Gasteiger partial charge in [-0.25, -0.2) is 9.78 Å². The molecule has 2 aromatic heterocycles. The fraction of sp³-hybridized carbons (Fsp3) is 0.174. The number of aromatic nitrogens is 2. The van der Waals surface area contributed by atoms with E-state index in [0.29, 0.717) is 41.8 Å². The summed E-state index contributed by atoms with van der Waals surface area (Å²) in [5, 5.41) is 12.4. The lowest BCUT2D eigenvalue weighted by Crippen LogP contribution is -2.36. The predicted octanol–water partition coefficient (Wildman–Crippen LogP) is 4.29. The van der Waals surface area contributed by atoms with E-state index in [0.717, 1.165) is 24.5 Å². The maximum absolute atomic E-state index is 11.1. The van der Waals surface area contributed by atoms with Gasteiger partial charge in [-0.1, -0.05) is 12.1 Å². The molecular weight excluding hydrogens is 412 g/mol. The molecular formula is C23H20N4O5. The lowest BCUT2D eigenvalue weighted by Gasteiger charge is -2.30. The van der Waals surface area contributed by atoms with Crippen LogP contribution in [-0.2, 0) is 4.74 Å². The van der Waals surface area contributed by atoms with E-state index >= 15 is 0 Å². The minimum absolute atomic E-state index is 0.0892. The Morgan fingerprint density at radius 1 is 1.06 bits per heavy atom. The summed E-state index contributed by atoms with van der Waals surface area (Å²) >= 11 is 0. The van der Waals surface area contributed by atoms with Crippen LogP contribution in [0, 0.1) is 0 Å². The summed E-state index contributed by atoms with van der Waals surface area (Å²) in [4.78, 5) is 21.7. The maximum atomic E-state index is 11.1. The lowest BCUT2D eigenvalue weighted by molar-refractivity contribution is 0.0690. The van der Waals surface area contributed by atoms with Crippen LogP contribution in [0.25, 0.3) is 11.1 Å². The molecule has 0 radical (unpaired) electrons. The van der Waals surface area contributed by atoms with Crippen LogP contribution in [0.3, 0.4) is 0 Å². The number of pyridine rings is 1. The van der Waals surface area contributed by atoms with Gasteiger partial charge in [-0.3, -0.25) is 0 Å². The third-order valence-corrected chi connectivity index (χ3v) is 5.04. The molecule has 2 N–H and O–H groups in total. The Morgan fingerprint density at radius 2 is 1.88 bits per heavy atom. The minimum atomic E-state index is -1.12. The van der Waals surface area contributed by atoms with Gasteiger partial charge in [0.15, 0.2) is 11.3 Å². The van der Waals surface area contributed by atoms with Crippen molar-refractivity contribution >= 4 is 34.5 Å². The number of carboxylic acid groups (broad SMARTS) is 1. The van der Waals surface area contributed by atoms with Crippen molar-refractivity contribution in [2.45, 2.75) is 0 Å². The molecule has 1 fully saturated rings. The van der Waals surface area contributed by atoms with E-state index in [1.807, 2.05) is 18.2 Å².